The van der Waals surface area contributed by atoms with E-state index < -0.39 is 16.6 Å². The molecule has 0 aliphatic heterocycles. The van der Waals surface area contributed by atoms with Crippen molar-refractivity contribution < 1.29 is 16.6 Å². The van der Waals surface area contributed by atoms with Crippen molar-refractivity contribution in [3.8, 4) is 0 Å². The van der Waals surface area contributed by atoms with Gasteiger partial charge in [-0.3, -0.25) is 0 Å². The van der Waals surface area contributed by atoms with Gasteiger partial charge in [-0.05, 0) is 0 Å². The van der Waals surface area contributed by atoms with E-state index in [0.29, 0.717) is 0 Å². The molecule has 4 aliphatic carbocycles. The second-order valence-electron chi connectivity index (χ2n) is 8.24. The quantitative estimate of drug-likeness (QED) is 0.417. The molecule has 0 nitrogen and oxygen atoms in total. The minimum Gasteiger partial charge on any atom is -0.147 e. The topological polar surface area (TPSA) is 0 Å². The number of rotatable bonds is 2. The van der Waals surface area contributed by atoms with E-state index in [-0.39, 0.29) is 31.0 Å². The first-order valence-corrected chi connectivity index (χ1v) is 16.1. The number of hydrogen-bond acceptors (Lipinski definition) is 0. The van der Waals surface area contributed by atoms with Gasteiger partial charge in [0.15, 0.2) is 0 Å². The van der Waals surface area contributed by atoms with Gasteiger partial charge in [-0.1, -0.05) is 0 Å². The maximum Gasteiger partial charge on any atom is -0.147 e. The van der Waals surface area contributed by atoms with Crippen molar-refractivity contribution in [2.24, 2.45) is 23.7 Å². The van der Waals surface area contributed by atoms with Crippen molar-refractivity contribution in [3.63, 3.8) is 0 Å². The molecule has 4 aliphatic rings. The first kappa shape index (κ1) is 21.8. The number of fused-ring (bicyclic) bond motifs is 3. The standard InChI is InChI=1S/C13H17.C6H7.C2H6Si.2ClH.Ti/c1-3-7-12-10(5-1)9-11-6-2-4-8-13(11)12;1-6-4-2-3-5-6;1-3-2;;;/h1,3,5,7,9-13H,2,4,6,8H2;2,4H,3H2,1H3;1-2H3;2*1H;. The van der Waals surface area contributed by atoms with Gasteiger partial charge in [-0.2, -0.15) is 0 Å². The second-order valence-corrected chi connectivity index (χ2v) is 20.4. The minimum absolute atomic E-state index is 0. The molecule has 25 heavy (non-hydrogen) atoms. The summed E-state index contributed by atoms with van der Waals surface area (Å²) in [6, 6.07) is 0. The van der Waals surface area contributed by atoms with E-state index in [4.69, 9.17) is 0 Å². The van der Waals surface area contributed by atoms with Gasteiger partial charge in [0.2, 0.25) is 0 Å². The molecular weight excluding hydrogens is 399 g/mol. The zero-order valence-corrected chi connectivity index (χ0v) is 19.9. The maximum absolute atomic E-state index is 2.64. The van der Waals surface area contributed by atoms with Crippen LogP contribution < -0.4 is 0 Å². The molecule has 138 valence electrons. The van der Waals surface area contributed by atoms with Gasteiger partial charge >= 0.3 is 149 Å². The van der Waals surface area contributed by atoms with E-state index in [0.717, 1.165) is 27.9 Å². The third kappa shape index (κ3) is 3.87. The van der Waals surface area contributed by atoms with Gasteiger partial charge in [0.1, 0.15) is 0 Å². The molecule has 0 amide bonds. The van der Waals surface area contributed by atoms with Gasteiger partial charge in [-0.25, -0.2) is 0 Å². The zero-order valence-electron chi connectivity index (χ0n) is 15.7. The monoisotopic (exact) mass is 430 g/mol. The molecule has 2 saturated carbocycles. The fourth-order valence-corrected chi connectivity index (χ4v) is 20.5. The Kier molecular flexibility index (Phi) is 7.93. The molecule has 0 N–H and O–H groups in total. The van der Waals surface area contributed by atoms with Crippen molar-refractivity contribution in [1.29, 1.82) is 0 Å². The minimum atomic E-state index is -1.17. The summed E-state index contributed by atoms with van der Waals surface area (Å²) in [6.45, 7) is 7.69. The molecule has 0 aromatic rings. The first-order valence-electron chi connectivity index (χ1n) is 9.57. The van der Waals surface area contributed by atoms with Crippen molar-refractivity contribution >= 4 is 31.0 Å². The molecule has 4 rings (SSSR count). The van der Waals surface area contributed by atoms with Crippen molar-refractivity contribution in [2.75, 3.05) is 0 Å². The fourth-order valence-electron chi connectivity index (χ4n) is 6.01. The first-order chi connectivity index (χ1) is 11.2. The second kappa shape index (κ2) is 9.11. The summed E-state index contributed by atoms with van der Waals surface area (Å²) in [5, 5.41) is 0. The summed E-state index contributed by atoms with van der Waals surface area (Å²) < 4.78 is 3.06. The summed E-state index contributed by atoms with van der Waals surface area (Å²) in [5.41, 5.74) is 1.66. The molecule has 5 unspecified atom stereocenters. The van der Waals surface area contributed by atoms with Crippen LogP contribution in [0.5, 0.6) is 0 Å². The molecule has 0 radical (unpaired) electrons. The van der Waals surface area contributed by atoms with Crippen LogP contribution in [0.25, 0.3) is 0 Å². The Bertz CT molecular complexity index is 655. The summed E-state index contributed by atoms with van der Waals surface area (Å²) in [4.78, 5) is 0. The molecule has 4 heteroatoms. The van der Waals surface area contributed by atoms with E-state index >= 15 is 0 Å². The van der Waals surface area contributed by atoms with Crippen LogP contribution in [0.3, 0.4) is 0 Å². The van der Waals surface area contributed by atoms with E-state index in [9.17, 15) is 0 Å². The summed E-state index contributed by atoms with van der Waals surface area (Å²) in [5.74, 6) is 3.85. The van der Waals surface area contributed by atoms with Crippen LogP contribution in [-0.4, -0.2) is 6.19 Å². The predicted molar refractivity (Wildman–Crippen MR) is 113 cm³/mol. The van der Waals surface area contributed by atoms with Crippen LogP contribution >= 0.6 is 24.8 Å². The molecule has 0 saturated heterocycles. The molecular formula is C21H32Cl2SiTi. The largest absolute Gasteiger partial charge is 0.147 e. The normalized spacial score (nSPS) is 34.9. The van der Waals surface area contributed by atoms with Crippen molar-refractivity contribution in [1.82, 2.24) is 0 Å². The molecule has 0 spiro atoms. The average molecular weight is 431 g/mol. The molecule has 0 aromatic carbocycles. The zero-order chi connectivity index (χ0) is 16.0. The van der Waals surface area contributed by atoms with Crippen LogP contribution in [-0.2, 0) is 16.6 Å². The molecule has 0 heterocycles. The SMILES string of the molecule is CC1=[C]([Ti]([CH]2C3C=CC=CC3C3CCCCC32)=[Si](C)C)CC=C1.Cl.Cl. The Balaban J connectivity index is 0.00000113. The van der Waals surface area contributed by atoms with Crippen LogP contribution in [0.2, 0.25) is 17.3 Å². The van der Waals surface area contributed by atoms with E-state index in [2.05, 4.69) is 56.5 Å². The van der Waals surface area contributed by atoms with Crippen LogP contribution in [0.1, 0.15) is 39.0 Å². The maximum atomic E-state index is 2.64. The Hall–Kier alpha value is 0.471. The Morgan fingerprint density at radius 3 is 2.20 bits per heavy atom. The van der Waals surface area contributed by atoms with E-state index in [1.807, 2.05) is 3.88 Å². The van der Waals surface area contributed by atoms with Gasteiger partial charge in [-0.15, -0.1) is 24.8 Å². The number of halogens is 2. The smallest absolute Gasteiger partial charge is 0.147 e. The van der Waals surface area contributed by atoms with Gasteiger partial charge in [0.25, 0.3) is 0 Å². The molecule has 5 atom stereocenters. The molecule has 2 fully saturated rings. The van der Waals surface area contributed by atoms with Crippen LogP contribution in [0.4, 0.5) is 0 Å². The molecule has 0 bridgehead atoms. The van der Waals surface area contributed by atoms with Crippen LogP contribution in [0, 0.1) is 23.7 Å². The van der Waals surface area contributed by atoms with Crippen molar-refractivity contribution in [3.05, 3.63) is 45.9 Å². The fraction of sp³-hybridized carbons (Fsp3) is 0.619. The third-order valence-electron chi connectivity index (χ3n) is 6.83. The van der Waals surface area contributed by atoms with Crippen molar-refractivity contribution in [2.45, 2.75) is 56.3 Å². The Morgan fingerprint density at radius 1 is 0.960 bits per heavy atom. The third-order valence-corrected chi connectivity index (χ3v) is 19.8. The summed E-state index contributed by atoms with van der Waals surface area (Å²) in [7, 11) is 0. The number of allylic oxidation sites excluding steroid dienone is 8. The Morgan fingerprint density at radius 2 is 1.60 bits per heavy atom. The Labute approximate surface area is 172 Å². The average Bonchev–Trinajstić information content (AvgIpc) is 3.11. The molecule has 0 aromatic heterocycles. The van der Waals surface area contributed by atoms with Gasteiger partial charge < -0.3 is 0 Å². The summed E-state index contributed by atoms with van der Waals surface area (Å²) >= 11 is -1.17. The predicted octanol–water partition coefficient (Wildman–Crippen LogP) is 6.90. The summed E-state index contributed by atoms with van der Waals surface area (Å²) in [6.07, 6.45) is 22.0. The van der Waals surface area contributed by atoms with Crippen LogP contribution in [0.15, 0.2) is 45.9 Å². The van der Waals surface area contributed by atoms with Gasteiger partial charge in [0.05, 0.1) is 0 Å². The van der Waals surface area contributed by atoms with Gasteiger partial charge in [0, 0.05) is 0 Å². The number of hydrogen-bond donors (Lipinski definition) is 0. The van der Waals surface area contributed by atoms with E-state index in [1.165, 1.54) is 32.1 Å². The van der Waals surface area contributed by atoms with E-state index in [1.54, 1.807) is 5.57 Å².